The lowest BCUT2D eigenvalue weighted by Gasteiger charge is -2.15. The third-order valence-electron chi connectivity index (χ3n) is 7.17. The van der Waals surface area contributed by atoms with E-state index in [1.807, 2.05) is 19.1 Å². The topological polar surface area (TPSA) is 51.5 Å². The number of hydrogen-bond acceptors (Lipinski definition) is 3. The molecule has 1 saturated carbocycles. The summed E-state index contributed by atoms with van der Waals surface area (Å²) in [5, 5.41) is 4.21. The van der Waals surface area contributed by atoms with Gasteiger partial charge >= 0.3 is 0 Å². The van der Waals surface area contributed by atoms with E-state index in [4.69, 9.17) is 9.15 Å². The van der Waals surface area contributed by atoms with Crippen LogP contribution in [0.5, 0.6) is 5.75 Å². The van der Waals surface area contributed by atoms with E-state index < -0.39 is 0 Å². The molecule has 1 aromatic heterocycles. The van der Waals surface area contributed by atoms with Crippen LogP contribution in [-0.4, -0.2) is 19.1 Å². The fourth-order valence-corrected chi connectivity index (χ4v) is 5.17. The van der Waals surface area contributed by atoms with Gasteiger partial charge in [0.05, 0.1) is 13.4 Å². The van der Waals surface area contributed by atoms with Crippen LogP contribution in [0.2, 0.25) is 0 Å². The molecule has 0 bridgehead atoms. The van der Waals surface area contributed by atoms with E-state index in [9.17, 15) is 4.79 Å². The van der Waals surface area contributed by atoms with E-state index in [-0.39, 0.29) is 11.9 Å². The molecule has 0 spiro atoms. The first-order valence-electron chi connectivity index (χ1n) is 12.9. The molecule has 4 heteroatoms. The van der Waals surface area contributed by atoms with Crippen molar-refractivity contribution in [1.82, 2.24) is 5.32 Å². The van der Waals surface area contributed by atoms with E-state index >= 15 is 0 Å². The van der Waals surface area contributed by atoms with Crippen molar-refractivity contribution in [3.8, 4) is 28.0 Å². The second-order valence-electron chi connectivity index (χ2n) is 9.67. The van der Waals surface area contributed by atoms with E-state index in [2.05, 4.69) is 59.9 Å². The molecule has 1 fully saturated rings. The number of amides is 1. The van der Waals surface area contributed by atoms with E-state index in [0.29, 0.717) is 5.75 Å². The Morgan fingerprint density at radius 1 is 0.917 bits per heavy atom. The third kappa shape index (κ3) is 5.23. The van der Waals surface area contributed by atoms with Gasteiger partial charge in [0.1, 0.15) is 11.3 Å². The molecule has 36 heavy (non-hydrogen) atoms. The maximum atomic E-state index is 12.8. The van der Waals surface area contributed by atoms with Crippen LogP contribution in [0, 0.1) is 0 Å². The first-order chi connectivity index (χ1) is 17.6. The van der Waals surface area contributed by atoms with Crippen LogP contribution in [0.15, 0.2) is 83.5 Å². The normalized spacial score (nSPS) is 15.0. The second kappa shape index (κ2) is 10.9. The molecular weight excluding hydrogens is 446 g/mol. The van der Waals surface area contributed by atoms with Crippen molar-refractivity contribution in [2.75, 3.05) is 7.11 Å². The highest BCUT2D eigenvalue weighted by molar-refractivity contribution is 6.00. The smallest absolute Gasteiger partial charge is 0.244 e. The molecule has 1 N–H and O–H groups in total. The minimum atomic E-state index is -0.0366. The average molecular weight is 480 g/mol. The Morgan fingerprint density at radius 2 is 1.58 bits per heavy atom. The van der Waals surface area contributed by atoms with Gasteiger partial charge in [0.15, 0.2) is 0 Å². The molecule has 184 valence electrons. The summed E-state index contributed by atoms with van der Waals surface area (Å²) in [6.45, 7) is 1.96. The molecule has 5 rings (SSSR count). The van der Waals surface area contributed by atoms with Gasteiger partial charge in [-0.1, -0.05) is 80.3 Å². The average Bonchev–Trinajstić information content (AvgIpc) is 3.15. The van der Waals surface area contributed by atoms with E-state index in [0.717, 1.165) is 46.1 Å². The zero-order valence-electron chi connectivity index (χ0n) is 21.1. The number of nitrogens with one attached hydrogen (secondary N) is 1. The highest BCUT2D eigenvalue weighted by Gasteiger charge is 2.17. The molecule has 4 aromatic rings. The standard InChI is InChI=1S/C32H33NO3/c1-22(18-32(34)33-26-12-8-3-4-9-13-26)27-19-28-29(21-36-31(28)20-30(27)35-2)25-16-14-24(15-17-25)23-10-6-5-7-11-23/h5-7,10-11,14-21,26H,3-4,8-9,12-13H2,1-2H3,(H,33,34)/b22-18+. The molecule has 1 aliphatic carbocycles. The maximum absolute atomic E-state index is 12.8. The molecule has 0 atom stereocenters. The Labute approximate surface area is 213 Å². The molecule has 1 aliphatic rings. The van der Waals surface area contributed by atoms with Gasteiger partial charge in [-0.3, -0.25) is 4.79 Å². The first-order valence-corrected chi connectivity index (χ1v) is 12.9. The number of carbonyl (C=O) groups is 1. The third-order valence-corrected chi connectivity index (χ3v) is 7.17. The van der Waals surface area contributed by atoms with Crippen molar-refractivity contribution in [2.24, 2.45) is 0 Å². The minimum Gasteiger partial charge on any atom is -0.496 e. The van der Waals surface area contributed by atoms with Gasteiger partial charge in [-0.2, -0.15) is 0 Å². The summed E-state index contributed by atoms with van der Waals surface area (Å²) in [6, 6.07) is 23.1. The Balaban J connectivity index is 1.43. The van der Waals surface area contributed by atoms with Crippen LogP contribution in [0.3, 0.4) is 0 Å². The molecule has 0 radical (unpaired) electrons. The van der Waals surface area contributed by atoms with Crippen molar-refractivity contribution in [2.45, 2.75) is 51.5 Å². The lowest BCUT2D eigenvalue weighted by atomic mass is 9.97. The van der Waals surface area contributed by atoms with Gasteiger partial charge in [0.2, 0.25) is 5.91 Å². The van der Waals surface area contributed by atoms with Crippen molar-refractivity contribution in [3.63, 3.8) is 0 Å². The molecule has 4 nitrogen and oxygen atoms in total. The summed E-state index contributed by atoms with van der Waals surface area (Å²) in [6.07, 6.45) is 10.5. The number of benzene rings is 3. The van der Waals surface area contributed by atoms with Gasteiger partial charge in [0, 0.05) is 34.7 Å². The fourth-order valence-electron chi connectivity index (χ4n) is 5.17. The van der Waals surface area contributed by atoms with Crippen LogP contribution < -0.4 is 10.1 Å². The lowest BCUT2D eigenvalue weighted by molar-refractivity contribution is -0.117. The van der Waals surface area contributed by atoms with Gasteiger partial charge in [-0.05, 0) is 48.1 Å². The van der Waals surface area contributed by atoms with E-state index in [1.54, 1.807) is 19.4 Å². The number of fused-ring (bicyclic) bond motifs is 1. The number of allylic oxidation sites excluding steroid dienone is 1. The number of furan rings is 1. The summed E-state index contributed by atoms with van der Waals surface area (Å²) in [7, 11) is 1.65. The Bertz CT molecular complexity index is 1360. The molecule has 1 heterocycles. The van der Waals surface area contributed by atoms with Crippen molar-refractivity contribution < 1.29 is 13.9 Å². The van der Waals surface area contributed by atoms with Crippen LogP contribution in [0.25, 0.3) is 38.8 Å². The number of methoxy groups -OCH3 is 1. The summed E-state index contributed by atoms with van der Waals surface area (Å²) in [5.74, 6) is 0.657. The number of rotatable bonds is 6. The van der Waals surface area contributed by atoms with Crippen molar-refractivity contribution in [3.05, 3.63) is 84.6 Å². The van der Waals surface area contributed by atoms with Crippen LogP contribution >= 0.6 is 0 Å². The Morgan fingerprint density at radius 3 is 2.28 bits per heavy atom. The Hall–Kier alpha value is -3.79. The Kier molecular flexibility index (Phi) is 7.22. The van der Waals surface area contributed by atoms with Gasteiger partial charge in [-0.15, -0.1) is 0 Å². The highest BCUT2D eigenvalue weighted by Crippen LogP contribution is 2.38. The number of carbonyl (C=O) groups excluding carboxylic acids is 1. The molecule has 0 aliphatic heterocycles. The zero-order valence-corrected chi connectivity index (χ0v) is 21.1. The van der Waals surface area contributed by atoms with Gasteiger partial charge in [0.25, 0.3) is 0 Å². The van der Waals surface area contributed by atoms with Crippen LogP contribution in [0.4, 0.5) is 0 Å². The minimum absolute atomic E-state index is 0.0366. The zero-order chi connectivity index (χ0) is 24.9. The monoisotopic (exact) mass is 479 g/mol. The van der Waals surface area contributed by atoms with Crippen LogP contribution in [-0.2, 0) is 4.79 Å². The SMILES string of the molecule is COc1cc2occ(-c3ccc(-c4ccccc4)cc3)c2cc1/C(C)=C/C(=O)NC1CCCCCC1. The van der Waals surface area contributed by atoms with E-state index in [1.165, 1.54) is 36.8 Å². The second-order valence-corrected chi connectivity index (χ2v) is 9.67. The predicted molar refractivity (Wildman–Crippen MR) is 147 cm³/mol. The molecular formula is C32H33NO3. The highest BCUT2D eigenvalue weighted by atomic mass is 16.5. The maximum Gasteiger partial charge on any atom is 0.244 e. The van der Waals surface area contributed by atoms with Crippen LogP contribution in [0.1, 0.15) is 51.0 Å². The quantitative estimate of drug-likeness (QED) is 0.225. The molecule has 0 saturated heterocycles. The summed E-state index contributed by atoms with van der Waals surface area (Å²) in [4.78, 5) is 12.8. The van der Waals surface area contributed by atoms with Gasteiger partial charge < -0.3 is 14.5 Å². The predicted octanol–water partition coefficient (Wildman–Crippen LogP) is 8.02. The number of hydrogen-bond donors (Lipinski definition) is 1. The molecule has 3 aromatic carbocycles. The lowest BCUT2D eigenvalue weighted by Crippen LogP contribution is -2.33. The molecule has 0 unspecified atom stereocenters. The number of ether oxygens (including phenoxy) is 1. The fraction of sp³-hybridized carbons (Fsp3) is 0.281. The summed E-state index contributed by atoms with van der Waals surface area (Å²) >= 11 is 0. The van der Waals surface area contributed by atoms with Gasteiger partial charge in [-0.25, -0.2) is 0 Å². The molecule has 1 amide bonds. The largest absolute Gasteiger partial charge is 0.496 e. The first kappa shape index (κ1) is 23.9. The van der Waals surface area contributed by atoms with Crippen molar-refractivity contribution in [1.29, 1.82) is 0 Å². The summed E-state index contributed by atoms with van der Waals surface area (Å²) < 4.78 is 11.6. The van der Waals surface area contributed by atoms with Crippen molar-refractivity contribution >= 4 is 22.4 Å². The summed E-state index contributed by atoms with van der Waals surface area (Å²) in [5.41, 5.74) is 6.98.